The molecule has 0 atom stereocenters. The molecule has 0 aliphatic rings. The number of aromatic nitrogens is 1. The van der Waals surface area contributed by atoms with Crippen molar-refractivity contribution < 1.29 is 17.2 Å². The van der Waals surface area contributed by atoms with Gasteiger partial charge in [0.1, 0.15) is 0 Å². The molecule has 6 nitrogen and oxygen atoms in total. The van der Waals surface area contributed by atoms with Crippen molar-refractivity contribution in [2.45, 2.75) is 64.7 Å². The van der Waals surface area contributed by atoms with Crippen LogP contribution < -0.4 is 4.90 Å². The van der Waals surface area contributed by atoms with Crippen molar-refractivity contribution >= 4 is 16.1 Å². The summed E-state index contributed by atoms with van der Waals surface area (Å²) >= 11 is 0. The molecule has 0 aliphatic heterocycles. The third-order valence-electron chi connectivity index (χ3n) is 4.11. The summed E-state index contributed by atoms with van der Waals surface area (Å²) in [4.78, 5) is 6.25. The molecule has 0 bridgehead atoms. The lowest BCUT2D eigenvalue weighted by Crippen LogP contribution is -2.26. The lowest BCUT2D eigenvalue weighted by Gasteiger charge is -2.24. The molecule has 1 heterocycles. The Labute approximate surface area is 152 Å². The summed E-state index contributed by atoms with van der Waals surface area (Å²) < 4.78 is 34.2. The predicted octanol–water partition coefficient (Wildman–Crippen LogP) is 4.24. The van der Waals surface area contributed by atoms with Crippen molar-refractivity contribution in [1.82, 2.24) is 4.98 Å². The van der Waals surface area contributed by atoms with E-state index >= 15 is 0 Å². The Balaban J connectivity index is 2.29. The van der Waals surface area contributed by atoms with E-state index in [0.29, 0.717) is 13.0 Å². The molecule has 0 spiro atoms. The zero-order valence-corrected chi connectivity index (χ0v) is 16.1. The second kappa shape index (κ2) is 13.1. The Morgan fingerprint density at radius 1 is 0.960 bits per heavy atom. The number of hydrogen-bond acceptors (Lipinski definition) is 5. The zero-order valence-electron chi connectivity index (χ0n) is 15.3. The highest BCUT2D eigenvalue weighted by Gasteiger charge is 2.08. The quantitative estimate of drug-likeness (QED) is 0.366. The van der Waals surface area contributed by atoms with E-state index in [-0.39, 0.29) is 6.61 Å². The van der Waals surface area contributed by atoms with Crippen LogP contribution >= 0.6 is 0 Å². The molecular formula is C18H32N2O4S. The highest BCUT2D eigenvalue weighted by molar-refractivity contribution is 7.80. The zero-order chi connectivity index (χ0) is 18.4. The molecule has 0 saturated carbocycles. The van der Waals surface area contributed by atoms with E-state index in [2.05, 4.69) is 21.0 Å². The Bertz CT molecular complexity index is 537. The predicted molar refractivity (Wildman–Crippen MR) is 101 cm³/mol. The highest BCUT2D eigenvalue weighted by atomic mass is 32.3. The molecule has 1 N–H and O–H groups in total. The Morgan fingerprint density at radius 2 is 1.52 bits per heavy atom. The maximum atomic E-state index is 10.6. The van der Waals surface area contributed by atoms with Gasteiger partial charge in [0.05, 0.1) is 6.61 Å². The molecule has 7 heteroatoms. The first-order chi connectivity index (χ1) is 12.0. The van der Waals surface area contributed by atoms with Crippen molar-refractivity contribution in [2.75, 3.05) is 24.6 Å². The van der Waals surface area contributed by atoms with Crippen LogP contribution in [0.2, 0.25) is 0 Å². The van der Waals surface area contributed by atoms with Crippen LogP contribution in [0.15, 0.2) is 24.5 Å². The Morgan fingerprint density at radius 3 is 2.12 bits per heavy atom. The number of rotatable bonds is 15. The molecular weight excluding hydrogens is 340 g/mol. The summed E-state index contributed by atoms with van der Waals surface area (Å²) in [6, 6.07) is 3.91. The van der Waals surface area contributed by atoms with Crippen LogP contribution in [0, 0.1) is 0 Å². The monoisotopic (exact) mass is 372 g/mol. The topological polar surface area (TPSA) is 79.7 Å². The number of nitrogens with zero attached hydrogens (tertiary/aromatic N) is 2. The van der Waals surface area contributed by atoms with Gasteiger partial charge in [-0.1, -0.05) is 51.9 Å². The van der Waals surface area contributed by atoms with Gasteiger partial charge in [0.15, 0.2) is 0 Å². The largest absolute Gasteiger partial charge is 0.397 e. The average molecular weight is 373 g/mol. The summed E-state index contributed by atoms with van der Waals surface area (Å²) in [6.45, 7) is 3.81. The number of pyridine rings is 1. The molecule has 0 unspecified atom stereocenters. The van der Waals surface area contributed by atoms with Gasteiger partial charge < -0.3 is 4.90 Å². The van der Waals surface area contributed by atoms with Crippen molar-refractivity contribution in [3.8, 4) is 0 Å². The van der Waals surface area contributed by atoms with Crippen LogP contribution in [-0.2, 0) is 14.6 Å². The lowest BCUT2D eigenvalue weighted by atomic mass is 10.1. The van der Waals surface area contributed by atoms with E-state index in [1.54, 1.807) is 12.4 Å². The molecule has 0 saturated heterocycles. The minimum Gasteiger partial charge on any atom is -0.371 e. The van der Waals surface area contributed by atoms with E-state index in [1.165, 1.54) is 44.9 Å². The van der Waals surface area contributed by atoms with E-state index in [4.69, 9.17) is 4.55 Å². The lowest BCUT2D eigenvalue weighted by molar-refractivity contribution is 0.265. The van der Waals surface area contributed by atoms with Gasteiger partial charge in [-0.2, -0.15) is 8.42 Å². The smallest absolute Gasteiger partial charge is 0.371 e. The summed E-state index contributed by atoms with van der Waals surface area (Å²) in [5.74, 6) is 0. The van der Waals surface area contributed by atoms with E-state index < -0.39 is 10.4 Å². The fourth-order valence-electron chi connectivity index (χ4n) is 2.78. The molecule has 0 amide bonds. The van der Waals surface area contributed by atoms with Gasteiger partial charge >= 0.3 is 10.4 Å². The highest BCUT2D eigenvalue weighted by Crippen LogP contribution is 2.15. The minimum atomic E-state index is -4.35. The number of hydrogen-bond donors (Lipinski definition) is 1. The van der Waals surface area contributed by atoms with Crippen LogP contribution in [-0.4, -0.2) is 37.7 Å². The maximum Gasteiger partial charge on any atom is 0.397 e. The fraction of sp³-hybridized carbons (Fsp3) is 0.722. The number of unbranched alkanes of at least 4 members (excludes halogenated alkanes) is 7. The summed E-state index contributed by atoms with van der Waals surface area (Å²) in [7, 11) is -4.35. The third-order valence-corrected chi connectivity index (χ3v) is 4.58. The van der Waals surface area contributed by atoms with Crippen molar-refractivity contribution in [2.24, 2.45) is 0 Å². The van der Waals surface area contributed by atoms with E-state index in [1.807, 2.05) is 12.1 Å². The first-order valence-corrected chi connectivity index (χ1v) is 10.7. The van der Waals surface area contributed by atoms with Gasteiger partial charge in [0.25, 0.3) is 0 Å². The van der Waals surface area contributed by atoms with E-state index in [9.17, 15) is 8.42 Å². The summed E-state index contributed by atoms with van der Waals surface area (Å²) in [6.07, 6.45) is 14.2. The Hall–Kier alpha value is -1.18. The molecule has 25 heavy (non-hydrogen) atoms. The Kier molecular flexibility index (Phi) is 11.4. The molecule has 144 valence electrons. The van der Waals surface area contributed by atoms with Crippen LogP contribution in [0.3, 0.4) is 0 Å². The molecule has 0 aliphatic carbocycles. The standard InChI is InChI=1S/C18H32N2O4S/c1-2-3-4-5-6-7-8-9-15-20(18-11-13-19-14-12-18)16-10-17-24-25(21,22)23/h11-14H,2-10,15-17H2,1H3,(H,21,22,23). The molecule has 1 rings (SSSR count). The second-order valence-corrected chi connectivity index (χ2v) is 7.36. The molecule has 0 radical (unpaired) electrons. The molecule has 1 aromatic heterocycles. The summed E-state index contributed by atoms with van der Waals surface area (Å²) in [5, 5.41) is 0. The second-order valence-electron chi connectivity index (χ2n) is 6.27. The van der Waals surface area contributed by atoms with Crippen molar-refractivity contribution in [3.05, 3.63) is 24.5 Å². The van der Waals surface area contributed by atoms with Crippen molar-refractivity contribution in [1.29, 1.82) is 0 Å². The van der Waals surface area contributed by atoms with Crippen LogP contribution in [0.25, 0.3) is 0 Å². The van der Waals surface area contributed by atoms with E-state index in [0.717, 1.165) is 18.7 Å². The number of anilines is 1. The van der Waals surface area contributed by atoms with Gasteiger partial charge in [-0.25, -0.2) is 4.18 Å². The van der Waals surface area contributed by atoms with Crippen molar-refractivity contribution in [3.63, 3.8) is 0 Å². The van der Waals surface area contributed by atoms with Crippen LogP contribution in [0.1, 0.15) is 64.7 Å². The normalized spacial score (nSPS) is 11.6. The molecule has 1 aromatic rings. The average Bonchev–Trinajstić information content (AvgIpc) is 2.59. The first kappa shape index (κ1) is 21.9. The van der Waals surface area contributed by atoms with Crippen LogP contribution in [0.5, 0.6) is 0 Å². The fourth-order valence-corrected chi connectivity index (χ4v) is 3.11. The van der Waals surface area contributed by atoms with Gasteiger partial charge in [-0.05, 0) is 25.0 Å². The van der Waals surface area contributed by atoms with Gasteiger partial charge in [-0.3, -0.25) is 9.54 Å². The SMILES string of the molecule is CCCCCCCCCCN(CCCOS(=O)(=O)O)c1ccncc1. The molecule has 0 aromatic carbocycles. The first-order valence-electron chi connectivity index (χ1n) is 9.29. The maximum absolute atomic E-state index is 10.6. The third kappa shape index (κ3) is 11.9. The molecule has 0 fully saturated rings. The van der Waals surface area contributed by atoms with Gasteiger partial charge in [0.2, 0.25) is 0 Å². The minimum absolute atomic E-state index is 0.0160. The van der Waals surface area contributed by atoms with Gasteiger partial charge in [-0.15, -0.1) is 0 Å². The summed E-state index contributed by atoms with van der Waals surface area (Å²) in [5.41, 5.74) is 1.07. The van der Waals surface area contributed by atoms with Crippen LogP contribution in [0.4, 0.5) is 5.69 Å². The van der Waals surface area contributed by atoms with Gasteiger partial charge in [0, 0.05) is 31.2 Å².